The molecule has 1 aliphatic carbocycles. The molecule has 1 saturated carbocycles. The van der Waals surface area contributed by atoms with E-state index < -0.39 is 10.8 Å². The van der Waals surface area contributed by atoms with Crippen LogP contribution in [0.25, 0.3) is 0 Å². The molecule has 2 aromatic rings. The third-order valence-corrected chi connectivity index (χ3v) is 4.54. The van der Waals surface area contributed by atoms with E-state index in [0.717, 1.165) is 12.8 Å². The Kier molecular flexibility index (Phi) is 4.30. The lowest BCUT2D eigenvalue weighted by molar-refractivity contribution is -0.384. The van der Waals surface area contributed by atoms with Gasteiger partial charge < -0.3 is 10.6 Å². The van der Waals surface area contributed by atoms with Crippen LogP contribution in [0.15, 0.2) is 29.6 Å². The van der Waals surface area contributed by atoms with Gasteiger partial charge in [-0.05, 0) is 42.8 Å². The van der Waals surface area contributed by atoms with Crippen molar-refractivity contribution in [1.82, 2.24) is 5.32 Å². The molecule has 7 nitrogen and oxygen atoms in total. The van der Waals surface area contributed by atoms with E-state index in [4.69, 9.17) is 0 Å². The molecule has 0 bridgehead atoms. The van der Waals surface area contributed by atoms with Gasteiger partial charge in [-0.25, -0.2) is 0 Å². The molecule has 0 atom stereocenters. The second kappa shape index (κ2) is 6.40. The van der Waals surface area contributed by atoms with Crippen LogP contribution in [0.2, 0.25) is 0 Å². The molecular formula is C16H15N3O4S. The van der Waals surface area contributed by atoms with E-state index in [9.17, 15) is 19.7 Å². The number of nitro groups is 1. The number of nitrogens with one attached hydrogen (secondary N) is 2. The number of anilines is 1. The normalized spacial score (nSPS) is 13.4. The zero-order chi connectivity index (χ0) is 17.3. The summed E-state index contributed by atoms with van der Waals surface area (Å²) in [7, 11) is 0. The van der Waals surface area contributed by atoms with E-state index in [2.05, 4.69) is 10.6 Å². The maximum absolute atomic E-state index is 12.4. The van der Waals surface area contributed by atoms with Gasteiger partial charge in [0.25, 0.3) is 17.5 Å². The first-order valence-electron chi connectivity index (χ1n) is 7.40. The second-order valence-electron chi connectivity index (χ2n) is 5.62. The fraction of sp³-hybridized carbons (Fsp3) is 0.250. The van der Waals surface area contributed by atoms with Crippen LogP contribution in [-0.2, 0) is 0 Å². The van der Waals surface area contributed by atoms with Gasteiger partial charge in [0.15, 0.2) is 0 Å². The minimum absolute atomic E-state index is 0.0651. The first-order valence-corrected chi connectivity index (χ1v) is 8.28. The third-order valence-electron chi connectivity index (χ3n) is 3.71. The molecule has 1 aromatic carbocycles. The summed E-state index contributed by atoms with van der Waals surface area (Å²) in [6.07, 6.45) is 1.97. The van der Waals surface area contributed by atoms with Crippen molar-refractivity contribution in [3.63, 3.8) is 0 Å². The molecular weight excluding hydrogens is 330 g/mol. The molecule has 0 radical (unpaired) electrons. The van der Waals surface area contributed by atoms with Crippen molar-refractivity contribution in [1.29, 1.82) is 0 Å². The topological polar surface area (TPSA) is 101 Å². The highest BCUT2D eigenvalue weighted by Gasteiger charge is 2.25. The highest BCUT2D eigenvalue weighted by Crippen LogP contribution is 2.27. The fourth-order valence-electron chi connectivity index (χ4n) is 2.26. The Balaban J connectivity index is 1.77. The Morgan fingerprint density at radius 3 is 2.58 bits per heavy atom. The number of carbonyl (C=O) groups excluding carboxylic acids is 2. The van der Waals surface area contributed by atoms with Gasteiger partial charge in [-0.3, -0.25) is 19.7 Å². The largest absolute Gasteiger partial charge is 0.349 e. The molecule has 24 heavy (non-hydrogen) atoms. The van der Waals surface area contributed by atoms with Crippen molar-refractivity contribution >= 4 is 33.8 Å². The van der Waals surface area contributed by atoms with Gasteiger partial charge in [-0.15, -0.1) is 11.3 Å². The van der Waals surface area contributed by atoms with Gasteiger partial charge in [0, 0.05) is 23.7 Å². The van der Waals surface area contributed by atoms with Crippen LogP contribution >= 0.6 is 11.3 Å². The summed E-state index contributed by atoms with van der Waals surface area (Å²) in [5.41, 5.74) is 1.20. The Morgan fingerprint density at radius 2 is 1.96 bits per heavy atom. The minimum atomic E-state index is -0.506. The molecule has 124 valence electrons. The molecule has 1 heterocycles. The van der Waals surface area contributed by atoms with E-state index in [1.54, 1.807) is 18.4 Å². The van der Waals surface area contributed by atoms with Crippen molar-refractivity contribution in [3.05, 3.63) is 56.5 Å². The Hall–Kier alpha value is -2.74. The zero-order valence-corrected chi connectivity index (χ0v) is 13.7. The summed E-state index contributed by atoms with van der Waals surface area (Å²) in [5.74, 6) is -0.597. The summed E-state index contributed by atoms with van der Waals surface area (Å²) in [6.45, 7) is 1.64. The third kappa shape index (κ3) is 3.43. The molecule has 3 rings (SSSR count). The number of hydrogen-bond donors (Lipinski definition) is 2. The molecule has 2 N–H and O–H groups in total. The van der Waals surface area contributed by atoms with Crippen molar-refractivity contribution in [2.75, 3.05) is 5.32 Å². The number of non-ortho nitro benzene ring substituents is 1. The first-order chi connectivity index (χ1) is 11.5. The summed E-state index contributed by atoms with van der Waals surface area (Å²) in [5, 5.41) is 18.6. The number of hydrogen-bond acceptors (Lipinski definition) is 5. The molecule has 0 saturated heterocycles. The highest BCUT2D eigenvalue weighted by molar-refractivity contribution is 7.14. The van der Waals surface area contributed by atoms with Gasteiger partial charge in [-0.2, -0.15) is 0 Å². The summed E-state index contributed by atoms with van der Waals surface area (Å²) in [4.78, 5) is 34.8. The maximum atomic E-state index is 12.4. The lowest BCUT2D eigenvalue weighted by Crippen LogP contribution is -2.26. The molecule has 8 heteroatoms. The van der Waals surface area contributed by atoms with Crippen LogP contribution in [0.4, 0.5) is 10.7 Å². The van der Waals surface area contributed by atoms with Crippen LogP contribution < -0.4 is 10.6 Å². The fourth-order valence-corrected chi connectivity index (χ4v) is 3.04. The second-order valence-corrected chi connectivity index (χ2v) is 6.54. The van der Waals surface area contributed by atoms with Crippen LogP contribution in [0.1, 0.15) is 39.1 Å². The smallest absolute Gasteiger partial charge is 0.269 e. The van der Waals surface area contributed by atoms with E-state index in [1.165, 1.54) is 29.5 Å². The number of carbonyl (C=O) groups is 2. The van der Waals surface area contributed by atoms with E-state index in [1.807, 2.05) is 0 Å². The monoisotopic (exact) mass is 345 g/mol. The lowest BCUT2D eigenvalue weighted by Gasteiger charge is -2.08. The summed E-state index contributed by atoms with van der Waals surface area (Å²) < 4.78 is 0. The van der Waals surface area contributed by atoms with Gasteiger partial charge in [-0.1, -0.05) is 0 Å². The van der Waals surface area contributed by atoms with E-state index in [0.29, 0.717) is 21.7 Å². The molecule has 1 fully saturated rings. The average molecular weight is 345 g/mol. The van der Waals surface area contributed by atoms with Crippen LogP contribution in [0, 0.1) is 17.0 Å². The van der Waals surface area contributed by atoms with Gasteiger partial charge >= 0.3 is 0 Å². The average Bonchev–Trinajstić information content (AvgIpc) is 3.22. The van der Waals surface area contributed by atoms with E-state index in [-0.39, 0.29) is 17.6 Å². The highest BCUT2D eigenvalue weighted by atomic mass is 32.1. The van der Waals surface area contributed by atoms with Crippen LogP contribution in [0.5, 0.6) is 0 Å². The Morgan fingerprint density at radius 1 is 1.21 bits per heavy atom. The van der Waals surface area contributed by atoms with Crippen molar-refractivity contribution in [3.8, 4) is 0 Å². The predicted molar refractivity (Wildman–Crippen MR) is 90.6 cm³/mol. The zero-order valence-electron chi connectivity index (χ0n) is 12.9. The molecule has 0 unspecified atom stereocenters. The molecule has 0 spiro atoms. The minimum Gasteiger partial charge on any atom is -0.349 e. The quantitative estimate of drug-likeness (QED) is 0.642. The number of nitrogens with zero attached hydrogens (tertiary/aromatic N) is 1. The number of aryl methyl sites for hydroxylation is 1. The maximum Gasteiger partial charge on any atom is 0.269 e. The van der Waals surface area contributed by atoms with Gasteiger partial charge in [0.05, 0.1) is 10.5 Å². The van der Waals surface area contributed by atoms with Crippen molar-refractivity contribution in [2.45, 2.75) is 25.8 Å². The van der Waals surface area contributed by atoms with Crippen molar-refractivity contribution in [2.24, 2.45) is 0 Å². The van der Waals surface area contributed by atoms with Gasteiger partial charge in [0.1, 0.15) is 5.00 Å². The standard InChI is InChI=1S/C16H15N3O4S/c1-9-8-11(19(22)23)4-5-12(9)14(20)18-16-13(6-7-24-16)15(21)17-10-2-3-10/h4-8,10H,2-3H2,1H3,(H,17,21)(H,18,20). The summed E-state index contributed by atoms with van der Waals surface area (Å²) in [6, 6.07) is 5.96. The number of rotatable bonds is 5. The SMILES string of the molecule is Cc1cc([N+](=O)[O-])ccc1C(=O)Nc1sccc1C(=O)NC1CC1. The number of nitro benzene ring substituents is 1. The number of thiophene rings is 1. The van der Waals surface area contributed by atoms with Gasteiger partial charge in [0.2, 0.25) is 0 Å². The lowest BCUT2D eigenvalue weighted by atomic mass is 10.1. The summed E-state index contributed by atoms with van der Waals surface area (Å²) >= 11 is 1.26. The van der Waals surface area contributed by atoms with Crippen LogP contribution in [0.3, 0.4) is 0 Å². The predicted octanol–water partition coefficient (Wildman–Crippen LogP) is 3.11. The molecule has 2 amide bonds. The van der Waals surface area contributed by atoms with Crippen molar-refractivity contribution < 1.29 is 14.5 Å². The molecule has 1 aromatic heterocycles. The van der Waals surface area contributed by atoms with E-state index >= 15 is 0 Å². The Bertz CT molecular complexity index is 826. The first kappa shape index (κ1) is 16.1. The number of amides is 2. The Labute approximate surface area is 141 Å². The number of benzene rings is 1. The molecule has 1 aliphatic rings. The van der Waals surface area contributed by atoms with Crippen LogP contribution in [-0.4, -0.2) is 22.8 Å². The molecule has 0 aliphatic heterocycles.